The topological polar surface area (TPSA) is 103 Å². The van der Waals surface area contributed by atoms with Crippen LogP contribution in [0.15, 0.2) is 36.1 Å². The number of allylic oxidation sites excluding steroid dienone is 1. The molecule has 0 saturated carbocycles. The minimum absolute atomic E-state index is 0.0484. The van der Waals surface area contributed by atoms with Crippen molar-refractivity contribution in [1.82, 2.24) is 10.2 Å². The van der Waals surface area contributed by atoms with Gasteiger partial charge in [-0.2, -0.15) is 0 Å². The summed E-state index contributed by atoms with van der Waals surface area (Å²) >= 11 is 5.25. The standard InChI is InChI=1S/C16H18N2O7S/c1-8-5-6-18(16(26)17-8)15-14(24-11(4)21)13(23-10(3)20)12(25-15)7-22-9(2)19/h5-6,14-15H,1,7H2,2-4H3,(H,17,26)/t14?,15-/m1/s1. The maximum atomic E-state index is 11.5. The Morgan fingerprint density at radius 1 is 1.27 bits per heavy atom. The summed E-state index contributed by atoms with van der Waals surface area (Å²) in [6.45, 7) is 7.05. The monoisotopic (exact) mass is 382 g/mol. The molecule has 0 aromatic heterocycles. The number of carbonyl (C=O) groups excluding carboxylic acids is 3. The number of ether oxygens (including phenoxy) is 4. The van der Waals surface area contributed by atoms with E-state index in [1.54, 1.807) is 12.3 Å². The quantitative estimate of drug-likeness (QED) is 0.418. The van der Waals surface area contributed by atoms with Crippen molar-refractivity contribution >= 4 is 35.2 Å². The minimum atomic E-state index is -1.10. The van der Waals surface area contributed by atoms with Crippen LogP contribution < -0.4 is 5.32 Å². The second-order valence-corrected chi connectivity index (χ2v) is 5.76. The summed E-state index contributed by atoms with van der Waals surface area (Å²) in [5, 5.41) is 3.09. The molecule has 0 aliphatic carbocycles. The molecule has 0 fully saturated rings. The van der Waals surface area contributed by atoms with Gasteiger partial charge < -0.3 is 24.3 Å². The van der Waals surface area contributed by atoms with Crippen LogP contribution in [0.2, 0.25) is 0 Å². The lowest BCUT2D eigenvalue weighted by molar-refractivity contribution is -0.156. The van der Waals surface area contributed by atoms with Gasteiger partial charge in [0.05, 0.1) is 0 Å². The number of rotatable bonds is 5. The molecule has 1 N–H and O–H groups in total. The third-order valence-electron chi connectivity index (χ3n) is 3.22. The van der Waals surface area contributed by atoms with Gasteiger partial charge in [0.1, 0.15) is 0 Å². The molecular formula is C16H18N2O7S. The average molecular weight is 382 g/mol. The highest BCUT2D eigenvalue weighted by Crippen LogP contribution is 2.33. The summed E-state index contributed by atoms with van der Waals surface area (Å²) in [5.41, 5.74) is 0.571. The van der Waals surface area contributed by atoms with Crippen molar-refractivity contribution in [2.75, 3.05) is 6.61 Å². The molecule has 2 aliphatic rings. The Hall–Kier alpha value is -2.88. The molecule has 0 aromatic rings. The Bertz CT molecular complexity index is 728. The van der Waals surface area contributed by atoms with Crippen molar-refractivity contribution < 1.29 is 33.3 Å². The SMILES string of the molecule is C=C1C=CN([C@@H]2OC(COC(C)=O)=C(OC(C)=O)C2OC(C)=O)C(=S)N1. The van der Waals surface area contributed by atoms with Gasteiger partial charge in [0.25, 0.3) is 0 Å². The molecule has 140 valence electrons. The van der Waals surface area contributed by atoms with Crippen molar-refractivity contribution in [3.05, 3.63) is 36.1 Å². The molecule has 0 spiro atoms. The van der Waals surface area contributed by atoms with Gasteiger partial charge in [-0.05, 0) is 18.3 Å². The van der Waals surface area contributed by atoms with Crippen LogP contribution in [0.1, 0.15) is 20.8 Å². The van der Waals surface area contributed by atoms with Crippen LogP contribution in [-0.2, 0) is 33.3 Å². The van der Waals surface area contributed by atoms with E-state index in [0.29, 0.717) is 5.70 Å². The van der Waals surface area contributed by atoms with E-state index in [1.165, 1.54) is 25.7 Å². The third-order valence-corrected chi connectivity index (χ3v) is 3.53. The van der Waals surface area contributed by atoms with Crippen LogP contribution in [0.3, 0.4) is 0 Å². The smallest absolute Gasteiger partial charge is 0.307 e. The first-order chi connectivity index (χ1) is 12.2. The first kappa shape index (κ1) is 19.4. The number of esters is 3. The van der Waals surface area contributed by atoms with E-state index in [4.69, 9.17) is 31.2 Å². The van der Waals surface area contributed by atoms with E-state index in [1.807, 2.05) is 0 Å². The fourth-order valence-corrected chi connectivity index (χ4v) is 2.57. The average Bonchev–Trinajstić information content (AvgIpc) is 2.82. The third kappa shape index (κ3) is 4.60. The van der Waals surface area contributed by atoms with Crippen LogP contribution in [0, 0.1) is 0 Å². The van der Waals surface area contributed by atoms with Gasteiger partial charge in [-0.1, -0.05) is 6.58 Å². The Morgan fingerprint density at radius 3 is 2.50 bits per heavy atom. The maximum Gasteiger partial charge on any atom is 0.307 e. The maximum absolute atomic E-state index is 11.5. The van der Waals surface area contributed by atoms with E-state index in [9.17, 15) is 14.4 Å². The zero-order chi connectivity index (χ0) is 19.4. The summed E-state index contributed by atoms with van der Waals surface area (Å²) < 4.78 is 21.1. The largest absolute Gasteiger partial charge is 0.463 e. The summed E-state index contributed by atoms with van der Waals surface area (Å²) in [5.74, 6) is -1.83. The number of thiocarbonyl (C=S) groups is 1. The van der Waals surface area contributed by atoms with E-state index in [-0.39, 0.29) is 23.2 Å². The molecule has 0 aromatic carbocycles. The molecule has 2 heterocycles. The first-order valence-electron chi connectivity index (χ1n) is 7.54. The van der Waals surface area contributed by atoms with E-state index >= 15 is 0 Å². The van der Waals surface area contributed by atoms with Crippen molar-refractivity contribution in [2.24, 2.45) is 0 Å². The number of hydrogen-bond acceptors (Lipinski definition) is 8. The van der Waals surface area contributed by atoms with Crippen molar-refractivity contribution in [3.63, 3.8) is 0 Å². The molecule has 0 bridgehead atoms. The highest BCUT2D eigenvalue weighted by Gasteiger charge is 2.46. The summed E-state index contributed by atoms with van der Waals surface area (Å²) in [6.07, 6.45) is 1.17. The van der Waals surface area contributed by atoms with Crippen LogP contribution >= 0.6 is 12.2 Å². The van der Waals surface area contributed by atoms with E-state index in [0.717, 1.165) is 0 Å². The number of hydrogen-bond donors (Lipinski definition) is 1. The van der Waals surface area contributed by atoms with Crippen LogP contribution in [0.4, 0.5) is 0 Å². The molecule has 0 radical (unpaired) electrons. The van der Waals surface area contributed by atoms with Gasteiger partial charge in [0.15, 0.2) is 23.2 Å². The lowest BCUT2D eigenvalue weighted by Crippen LogP contribution is -2.50. The second kappa shape index (κ2) is 8.00. The normalized spacial score (nSPS) is 21.9. The van der Waals surface area contributed by atoms with Crippen molar-refractivity contribution in [1.29, 1.82) is 0 Å². The number of carbonyl (C=O) groups is 3. The van der Waals surface area contributed by atoms with Crippen LogP contribution in [-0.4, -0.2) is 46.9 Å². The van der Waals surface area contributed by atoms with Gasteiger partial charge >= 0.3 is 17.9 Å². The summed E-state index contributed by atoms with van der Waals surface area (Å²) in [4.78, 5) is 35.6. The molecule has 0 amide bonds. The highest BCUT2D eigenvalue weighted by atomic mass is 32.1. The molecule has 26 heavy (non-hydrogen) atoms. The Kier molecular flexibility index (Phi) is 5.98. The van der Waals surface area contributed by atoms with Crippen molar-refractivity contribution in [2.45, 2.75) is 33.1 Å². The summed E-state index contributed by atoms with van der Waals surface area (Å²) in [7, 11) is 0. The molecular weight excluding hydrogens is 364 g/mol. The van der Waals surface area contributed by atoms with Crippen LogP contribution in [0.5, 0.6) is 0 Å². The lowest BCUT2D eigenvalue weighted by Gasteiger charge is -2.33. The fourth-order valence-electron chi connectivity index (χ4n) is 2.27. The van der Waals surface area contributed by atoms with Crippen molar-refractivity contribution in [3.8, 4) is 0 Å². The second-order valence-electron chi connectivity index (χ2n) is 5.38. The zero-order valence-corrected chi connectivity index (χ0v) is 15.3. The molecule has 0 saturated heterocycles. The van der Waals surface area contributed by atoms with Gasteiger partial charge in [0.2, 0.25) is 12.3 Å². The van der Waals surface area contributed by atoms with Gasteiger partial charge in [-0.15, -0.1) is 0 Å². The summed E-state index contributed by atoms with van der Waals surface area (Å²) in [6, 6.07) is 0. The van der Waals surface area contributed by atoms with Crippen LogP contribution in [0.25, 0.3) is 0 Å². The molecule has 2 atom stereocenters. The first-order valence-corrected chi connectivity index (χ1v) is 7.95. The number of nitrogens with one attached hydrogen (secondary N) is 1. The minimum Gasteiger partial charge on any atom is -0.463 e. The lowest BCUT2D eigenvalue weighted by atomic mass is 10.2. The van der Waals surface area contributed by atoms with Gasteiger partial charge in [0, 0.05) is 32.7 Å². The van der Waals surface area contributed by atoms with E-state index in [2.05, 4.69) is 11.9 Å². The number of nitrogens with zero attached hydrogens (tertiary/aromatic N) is 1. The highest BCUT2D eigenvalue weighted by molar-refractivity contribution is 7.80. The van der Waals surface area contributed by atoms with Gasteiger partial charge in [-0.25, -0.2) is 0 Å². The Morgan fingerprint density at radius 2 is 1.96 bits per heavy atom. The molecule has 2 aliphatic heterocycles. The predicted octanol–water partition coefficient (Wildman–Crippen LogP) is 0.830. The zero-order valence-electron chi connectivity index (χ0n) is 14.4. The molecule has 9 nitrogen and oxygen atoms in total. The Labute approximate surface area is 155 Å². The molecule has 2 rings (SSSR count). The predicted molar refractivity (Wildman–Crippen MR) is 91.7 cm³/mol. The molecule has 10 heteroatoms. The van der Waals surface area contributed by atoms with Gasteiger partial charge in [-0.3, -0.25) is 19.3 Å². The molecule has 1 unspecified atom stereocenters. The van der Waals surface area contributed by atoms with E-state index < -0.39 is 30.2 Å². The Balaban J connectivity index is 2.37. The fraction of sp³-hybridized carbons (Fsp3) is 0.375.